The van der Waals surface area contributed by atoms with E-state index in [0.717, 1.165) is 42.9 Å². The van der Waals surface area contributed by atoms with Crippen LogP contribution >= 0.6 is 11.3 Å². The van der Waals surface area contributed by atoms with E-state index in [1.165, 1.54) is 0 Å². The van der Waals surface area contributed by atoms with Crippen LogP contribution in [0.1, 0.15) is 5.69 Å². The van der Waals surface area contributed by atoms with Gasteiger partial charge in [0.1, 0.15) is 0 Å². The Hall–Kier alpha value is -2.47. The lowest BCUT2D eigenvalue weighted by atomic mass is 10.1. The highest BCUT2D eigenvalue weighted by molar-refractivity contribution is 7.13. The Morgan fingerprint density at radius 2 is 2.07 bits per heavy atom. The van der Waals surface area contributed by atoms with Crippen LogP contribution in [0.25, 0.3) is 0 Å². The van der Waals surface area contributed by atoms with Crippen molar-refractivity contribution in [1.82, 2.24) is 15.2 Å². The minimum Gasteiger partial charge on any atom is -0.475 e. The predicted octanol–water partition coefficient (Wildman–Crippen LogP) is 1.97. The van der Waals surface area contributed by atoms with Crippen molar-refractivity contribution in [3.63, 3.8) is 0 Å². The zero-order valence-electron chi connectivity index (χ0n) is 14.8. The molecule has 0 unspecified atom stereocenters. The number of carboxylic acid groups (broad SMARTS) is 1. The molecule has 1 N–H and O–H groups in total. The van der Waals surface area contributed by atoms with Crippen LogP contribution in [0.2, 0.25) is 0 Å². The topological polar surface area (TPSA) is 91.7 Å². The first-order chi connectivity index (χ1) is 13.3. The fourth-order valence-electron chi connectivity index (χ4n) is 3.05. The van der Waals surface area contributed by atoms with Gasteiger partial charge in [-0.25, -0.2) is 9.78 Å². The molecule has 152 valence electrons. The summed E-state index contributed by atoms with van der Waals surface area (Å²) in [7, 11) is 0. The van der Waals surface area contributed by atoms with Gasteiger partial charge in [0.05, 0.1) is 24.4 Å². The summed E-state index contributed by atoms with van der Waals surface area (Å²) in [5.74, 6) is -1.81. The quantitative estimate of drug-likeness (QED) is 0.793. The van der Waals surface area contributed by atoms with E-state index in [2.05, 4.69) is 31.0 Å². The number of ether oxygens (including phenoxy) is 1. The number of hydrogen-bond donors (Lipinski definition) is 1. The summed E-state index contributed by atoms with van der Waals surface area (Å²) in [6, 6.07) is 4.39. The fourth-order valence-corrected chi connectivity index (χ4v) is 3.71. The molecule has 4 rings (SSSR count). The van der Waals surface area contributed by atoms with Crippen molar-refractivity contribution in [3.8, 4) is 0 Å². The van der Waals surface area contributed by atoms with E-state index >= 15 is 0 Å². The smallest absolute Gasteiger partial charge is 0.475 e. The van der Waals surface area contributed by atoms with Gasteiger partial charge in [-0.05, 0) is 19.1 Å². The number of carboxylic acids is 1. The number of anilines is 2. The molecule has 0 bridgehead atoms. The van der Waals surface area contributed by atoms with Crippen molar-refractivity contribution in [3.05, 3.63) is 29.4 Å². The van der Waals surface area contributed by atoms with Crippen molar-refractivity contribution in [1.29, 1.82) is 0 Å². The number of carbonyl (C=O) groups is 1. The SMILES string of the molecule is Cc1ccc(N2CCO[C@H]3CN(c4nccs4)C[C@H]32)nn1.O=C(O)C(F)(F)F. The molecule has 0 aliphatic carbocycles. The Labute approximate surface area is 162 Å². The average molecular weight is 417 g/mol. The van der Waals surface area contributed by atoms with Gasteiger partial charge in [-0.3, -0.25) is 0 Å². The van der Waals surface area contributed by atoms with Gasteiger partial charge in [0.25, 0.3) is 0 Å². The summed E-state index contributed by atoms with van der Waals surface area (Å²) in [4.78, 5) is 17.9. The van der Waals surface area contributed by atoms with E-state index in [-0.39, 0.29) is 6.10 Å². The molecule has 12 heteroatoms. The van der Waals surface area contributed by atoms with Crippen LogP contribution in [-0.4, -0.2) is 70.8 Å². The second-order valence-electron chi connectivity index (χ2n) is 6.23. The van der Waals surface area contributed by atoms with Gasteiger partial charge in [0.15, 0.2) is 10.9 Å². The third-order valence-corrected chi connectivity index (χ3v) is 5.14. The standard InChI is InChI=1S/C14H17N5OS.C2HF3O2/c1-10-2-3-13(17-16-10)19-5-6-20-12-9-18(8-11(12)19)14-15-4-7-21-14;3-2(4,5)1(6)7/h2-4,7,11-12H,5-6,8-9H2,1H3;(H,6,7)/t11-,12+;/m1./s1. The van der Waals surface area contributed by atoms with Gasteiger partial charge in [-0.2, -0.15) is 18.3 Å². The van der Waals surface area contributed by atoms with Gasteiger partial charge in [-0.15, -0.1) is 16.4 Å². The largest absolute Gasteiger partial charge is 0.490 e. The van der Waals surface area contributed by atoms with Crippen LogP contribution in [0.5, 0.6) is 0 Å². The number of thiazole rings is 1. The number of aliphatic carboxylic acids is 1. The van der Waals surface area contributed by atoms with E-state index < -0.39 is 12.1 Å². The highest BCUT2D eigenvalue weighted by Crippen LogP contribution is 2.30. The van der Waals surface area contributed by atoms with Gasteiger partial charge >= 0.3 is 12.1 Å². The maximum atomic E-state index is 10.6. The highest BCUT2D eigenvalue weighted by Gasteiger charge is 2.41. The Morgan fingerprint density at radius 3 is 2.64 bits per heavy atom. The molecule has 28 heavy (non-hydrogen) atoms. The van der Waals surface area contributed by atoms with Crippen LogP contribution in [0.15, 0.2) is 23.7 Å². The predicted molar refractivity (Wildman–Crippen MR) is 95.7 cm³/mol. The molecule has 0 aromatic carbocycles. The van der Waals surface area contributed by atoms with E-state index in [9.17, 15) is 13.2 Å². The third kappa shape index (κ3) is 4.68. The molecular formula is C16H18F3N5O3S. The first kappa shape index (κ1) is 20.3. The minimum atomic E-state index is -5.08. The molecule has 0 amide bonds. The van der Waals surface area contributed by atoms with Crippen molar-refractivity contribution >= 4 is 28.3 Å². The lowest BCUT2D eigenvalue weighted by Gasteiger charge is -2.37. The minimum absolute atomic E-state index is 0.214. The van der Waals surface area contributed by atoms with E-state index in [1.807, 2.05) is 24.6 Å². The molecular weight excluding hydrogens is 399 g/mol. The summed E-state index contributed by atoms with van der Waals surface area (Å²) in [5, 5.41) is 18.7. The number of aryl methyl sites for hydroxylation is 1. The molecule has 8 nitrogen and oxygen atoms in total. The molecule has 4 heterocycles. The van der Waals surface area contributed by atoms with Crippen molar-refractivity contribution in [2.45, 2.75) is 25.2 Å². The summed E-state index contributed by atoms with van der Waals surface area (Å²) in [6.45, 7) is 5.38. The molecule has 2 aliphatic rings. The van der Waals surface area contributed by atoms with Crippen LogP contribution < -0.4 is 9.80 Å². The number of halogens is 3. The molecule has 0 saturated carbocycles. The number of nitrogens with zero attached hydrogens (tertiary/aromatic N) is 5. The zero-order valence-corrected chi connectivity index (χ0v) is 15.7. The Morgan fingerprint density at radius 1 is 1.32 bits per heavy atom. The van der Waals surface area contributed by atoms with E-state index in [1.54, 1.807) is 11.3 Å². The van der Waals surface area contributed by atoms with Crippen LogP contribution in [0.3, 0.4) is 0 Å². The average Bonchev–Trinajstić information content (AvgIpc) is 3.31. The number of alkyl halides is 3. The maximum absolute atomic E-state index is 10.6. The first-order valence-corrected chi connectivity index (χ1v) is 9.27. The summed E-state index contributed by atoms with van der Waals surface area (Å²) in [5.41, 5.74) is 0.944. The van der Waals surface area contributed by atoms with Crippen molar-refractivity contribution in [2.75, 3.05) is 36.0 Å². The number of hydrogen-bond acceptors (Lipinski definition) is 8. The third-order valence-electron chi connectivity index (χ3n) is 4.31. The Balaban J connectivity index is 0.000000279. The van der Waals surface area contributed by atoms with E-state index in [0.29, 0.717) is 6.04 Å². The lowest BCUT2D eigenvalue weighted by molar-refractivity contribution is -0.192. The number of morpholine rings is 1. The molecule has 2 atom stereocenters. The molecule has 2 aromatic rings. The van der Waals surface area contributed by atoms with Crippen molar-refractivity contribution < 1.29 is 27.8 Å². The molecule has 2 saturated heterocycles. The second kappa shape index (κ2) is 8.27. The zero-order chi connectivity index (χ0) is 20.3. The normalized spacial score (nSPS) is 21.7. The van der Waals surface area contributed by atoms with Crippen LogP contribution in [0.4, 0.5) is 24.1 Å². The second-order valence-corrected chi connectivity index (χ2v) is 7.10. The van der Waals surface area contributed by atoms with Gasteiger partial charge in [-0.1, -0.05) is 0 Å². The number of rotatable bonds is 2. The van der Waals surface area contributed by atoms with Crippen LogP contribution in [-0.2, 0) is 9.53 Å². The summed E-state index contributed by atoms with van der Waals surface area (Å²) in [6.07, 6.45) is -3.02. The Kier molecular flexibility index (Phi) is 5.98. The Bertz CT molecular complexity index is 788. The van der Waals surface area contributed by atoms with Crippen molar-refractivity contribution in [2.24, 2.45) is 0 Å². The van der Waals surface area contributed by atoms with Gasteiger partial charge < -0.3 is 19.6 Å². The molecule has 2 fully saturated rings. The fraction of sp³-hybridized carbons (Fsp3) is 0.500. The van der Waals surface area contributed by atoms with Crippen LogP contribution in [0, 0.1) is 6.92 Å². The molecule has 0 radical (unpaired) electrons. The number of aromatic nitrogens is 3. The summed E-state index contributed by atoms with van der Waals surface area (Å²) >= 11 is 1.68. The summed E-state index contributed by atoms with van der Waals surface area (Å²) < 4.78 is 37.7. The molecule has 2 aromatic heterocycles. The lowest BCUT2D eigenvalue weighted by Crippen LogP contribution is -2.51. The molecule has 0 spiro atoms. The molecule has 2 aliphatic heterocycles. The highest BCUT2D eigenvalue weighted by atomic mass is 32.1. The monoisotopic (exact) mass is 417 g/mol. The maximum Gasteiger partial charge on any atom is 0.490 e. The van der Waals surface area contributed by atoms with E-state index in [4.69, 9.17) is 14.6 Å². The van der Waals surface area contributed by atoms with Gasteiger partial charge in [0, 0.05) is 31.2 Å². The van der Waals surface area contributed by atoms with Gasteiger partial charge in [0.2, 0.25) is 0 Å². The number of fused-ring (bicyclic) bond motifs is 1. The first-order valence-electron chi connectivity index (χ1n) is 8.39.